The second-order valence-corrected chi connectivity index (χ2v) is 6.62. The van der Waals surface area contributed by atoms with Crippen LogP contribution in [0.25, 0.3) is 0 Å². The molecule has 0 aromatic carbocycles. The van der Waals surface area contributed by atoms with Crippen LogP contribution in [0.2, 0.25) is 0 Å². The van der Waals surface area contributed by atoms with Crippen LogP contribution < -0.4 is 0 Å². The van der Waals surface area contributed by atoms with E-state index in [0.717, 1.165) is 25.3 Å². The molecular weight excluding hydrogens is 257 g/mol. The van der Waals surface area contributed by atoms with Crippen molar-refractivity contribution in [2.45, 2.75) is 65.2 Å². The van der Waals surface area contributed by atoms with Crippen LogP contribution in [0, 0.1) is 0 Å². The van der Waals surface area contributed by atoms with Crippen LogP contribution in [-0.2, 0) is 9.31 Å². The summed E-state index contributed by atoms with van der Waals surface area (Å²) in [5.41, 5.74) is -1.99. The van der Waals surface area contributed by atoms with Gasteiger partial charge in [0.2, 0.25) is 0 Å². The first-order valence-electron chi connectivity index (χ1n) is 7.21. The van der Waals surface area contributed by atoms with Crippen LogP contribution in [-0.4, -0.2) is 52.7 Å². The second kappa shape index (κ2) is 6.47. The van der Waals surface area contributed by atoms with Crippen LogP contribution in [0.15, 0.2) is 11.8 Å². The second-order valence-electron chi connectivity index (χ2n) is 6.62. The van der Waals surface area contributed by atoms with E-state index in [1.807, 2.05) is 6.08 Å². The molecule has 5 nitrogen and oxygen atoms in total. The molecule has 0 unspecified atom stereocenters. The normalized spacial score (nSPS) is 18.1. The lowest BCUT2D eigenvalue weighted by molar-refractivity contribution is -0.110. The Balaban J connectivity index is 2.50. The Hall–Kier alpha value is -0.555. The Morgan fingerprint density at radius 3 is 2.30 bits per heavy atom. The van der Waals surface area contributed by atoms with Crippen molar-refractivity contribution in [3.63, 3.8) is 0 Å². The van der Waals surface area contributed by atoms with E-state index in [4.69, 9.17) is 9.31 Å². The van der Waals surface area contributed by atoms with Gasteiger partial charge in [-0.15, -0.1) is 0 Å². The Morgan fingerprint density at radius 2 is 1.90 bits per heavy atom. The molecule has 0 fully saturated rings. The first kappa shape index (κ1) is 17.5. The SMILES string of the molecule is CC(C)N1CC=C(OB(O)OC(C)(C)C(C)(C)O)CC1. The first-order valence-corrected chi connectivity index (χ1v) is 7.21. The zero-order valence-electron chi connectivity index (χ0n) is 13.5. The molecule has 6 heteroatoms. The van der Waals surface area contributed by atoms with Crippen molar-refractivity contribution in [1.29, 1.82) is 0 Å². The Kier molecular flexibility index (Phi) is 5.66. The molecule has 0 spiro atoms. The van der Waals surface area contributed by atoms with E-state index in [2.05, 4.69) is 18.7 Å². The van der Waals surface area contributed by atoms with Gasteiger partial charge in [-0.25, -0.2) is 0 Å². The van der Waals surface area contributed by atoms with E-state index < -0.39 is 18.5 Å². The third-order valence-electron chi connectivity index (χ3n) is 4.05. The highest BCUT2D eigenvalue weighted by molar-refractivity contribution is 6.35. The smallest absolute Gasteiger partial charge is 0.516 e. The summed E-state index contributed by atoms with van der Waals surface area (Å²) in [6.07, 6.45) is 2.72. The molecule has 0 amide bonds. The van der Waals surface area contributed by atoms with E-state index in [-0.39, 0.29) is 0 Å². The molecule has 1 heterocycles. The molecule has 0 aliphatic carbocycles. The summed E-state index contributed by atoms with van der Waals surface area (Å²) in [7, 11) is -1.37. The summed E-state index contributed by atoms with van der Waals surface area (Å²) in [4.78, 5) is 2.32. The summed E-state index contributed by atoms with van der Waals surface area (Å²) in [6, 6.07) is 0.503. The van der Waals surface area contributed by atoms with Crippen molar-refractivity contribution < 1.29 is 19.4 Å². The molecule has 116 valence electrons. The highest BCUT2D eigenvalue weighted by Gasteiger charge is 2.41. The molecule has 0 radical (unpaired) electrons. The molecule has 1 aliphatic rings. The van der Waals surface area contributed by atoms with E-state index in [9.17, 15) is 10.1 Å². The van der Waals surface area contributed by atoms with Gasteiger partial charge >= 0.3 is 7.32 Å². The van der Waals surface area contributed by atoms with Gasteiger partial charge in [0.1, 0.15) is 0 Å². The van der Waals surface area contributed by atoms with Gasteiger partial charge in [0.15, 0.2) is 0 Å². The number of hydrogen-bond acceptors (Lipinski definition) is 5. The van der Waals surface area contributed by atoms with Gasteiger partial charge in [-0.2, -0.15) is 0 Å². The molecule has 2 N–H and O–H groups in total. The predicted octanol–water partition coefficient (Wildman–Crippen LogP) is 1.54. The largest absolute Gasteiger partial charge is 0.710 e. The van der Waals surface area contributed by atoms with Crippen molar-refractivity contribution in [2.24, 2.45) is 0 Å². The number of rotatable bonds is 6. The maximum absolute atomic E-state index is 9.98. The molecule has 20 heavy (non-hydrogen) atoms. The van der Waals surface area contributed by atoms with Crippen molar-refractivity contribution in [3.8, 4) is 0 Å². The fourth-order valence-corrected chi connectivity index (χ4v) is 1.79. The van der Waals surface area contributed by atoms with Crippen molar-refractivity contribution in [2.75, 3.05) is 13.1 Å². The minimum atomic E-state index is -1.37. The maximum Gasteiger partial charge on any atom is 0.710 e. The lowest BCUT2D eigenvalue weighted by Crippen LogP contribution is -2.51. The van der Waals surface area contributed by atoms with Gasteiger partial charge in [0.25, 0.3) is 0 Å². The van der Waals surface area contributed by atoms with E-state index in [0.29, 0.717) is 6.04 Å². The third kappa shape index (κ3) is 4.77. The van der Waals surface area contributed by atoms with Crippen LogP contribution in [0.1, 0.15) is 48.0 Å². The van der Waals surface area contributed by atoms with E-state index in [1.54, 1.807) is 27.7 Å². The van der Waals surface area contributed by atoms with Gasteiger partial charge in [0.05, 0.1) is 17.0 Å². The van der Waals surface area contributed by atoms with Gasteiger partial charge in [-0.05, 0) is 47.6 Å². The van der Waals surface area contributed by atoms with Crippen LogP contribution >= 0.6 is 0 Å². The average Bonchev–Trinajstić information content (AvgIpc) is 2.27. The molecule has 1 rings (SSSR count). The van der Waals surface area contributed by atoms with Crippen LogP contribution in [0.3, 0.4) is 0 Å². The fourth-order valence-electron chi connectivity index (χ4n) is 1.79. The first-order chi connectivity index (χ1) is 9.03. The predicted molar refractivity (Wildman–Crippen MR) is 79.9 cm³/mol. The molecule has 0 aromatic rings. The maximum atomic E-state index is 9.98. The summed E-state index contributed by atoms with van der Waals surface area (Å²) in [5.74, 6) is 0.737. The van der Waals surface area contributed by atoms with Crippen molar-refractivity contribution in [3.05, 3.63) is 11.8 Å². The van der Waals surface area contributed by atoms with E-state index in [1.165, 1.54) is 0 Å². The van der Waals surface area contributed by atoms with Crippen molar-refractivity contribution >= 4 is 7.32 Å². The highest BCUT2D eigenvalue weighted by atomic mass is 16.7. The average molecular weight is 285 g/mol. The molecule has 0 saturated heterocycles. The zero-order chi connectivity index (χ0) is 15.6. The Morgan fingerprint density at radius 1 is 1.30 bits per heavy atom. The number of hydrogen-bond donors (Lipinski definition) is 2. The summed E-state index contributed by atoms with van der Waals surface area (Å²) < 4.78 is 10.8. The monoisotopic (exact) mass is 285 g/mol. The Bertz CT molecular complexity index is 350. The third-order valence-corrected chi connectivity index (χ3v) is 4.05. The van der Waals surface area contributed by atoms with Crippen LogP contribution in [0.5, 0.6) is 0 Å². The fraction of sp³-hybridized carbons (Fsp3) is 0.857. The van der Waals surface area contributed by atoms with Gasteiger partial charge in [-0.3, -0.25) is 4.90 Å². The van der Waals surface area contributed by atoms with Crippen LogP contribution in [0.4, 0.5) is 0 Å². The topological polar surface area (TPSA) is 62.2 Å². The molecule has 0 saturated carbocycles. The standard InChI is InChI=1S/C14H28BNO4/c1-11(2)16-9-7-12(8-10-16)19-15(18)20-14(5,6)13(3,4)17/h7,11,17-18H,8-10H2,1-6H3. The quantitative estimate of drug-likeness (QED) is 0.725. The van der Waals surface area contributed by atoms with Gasteiger partial charge in [-0.1, -0.05) is 0 Å². The number of nitrogens with zero attached hydrogens (tertiary/aromatic N) is 1. The number of aliphatic hydroxyl groups is 1. The lowest BCUT2D eigenvalue weighted by atomic mass is 9.88. The van der Waals surface area contributed by atoms with E-state index >= 15 is 0 Å². The molecule has 0 bridgehead atoms. The Labute approximate surface area is 122 Å². The molecular formula is C14H28BNO4. The van der Waals surface area contributed by atoms with Gasteiger partial charge < -0.3 is 19.4 Å². The molecule has 0 aromatic heterocycles. The molecule has 0 atom stereocenters. The summed E-state index contributed by atoms with van der Waals surface area (Å²) in [6.45, 7) is 12.7. The lowest BCUT2D eigenvalue weighted by Gasteiger charge is -2.38. The minimum Gasteiger partial charge on any atom is -0.516 e. The minimum absolute atomic E-state index is 0.503. The highest BCUT2D eigenvalue weighted by Crippen LogP contribution is 2.26. The van der Waals surface area contributed by atoms with Gasteiger partial charge in [0, 0.05) is 25.6 Å². The molecule has 1 aliphatic heterocycles. The zero-order valence-corrected chi connectivity index (χ0v) is 13.5. The van der Waals surface area contributed by atoms with Crippen molar-refractivity contribution in [1.82, 2.24) is 4.90 Å². The summed E-state index contributed by atoms with van der Waals surface area (Å²) >= 11 is 0. The summed E-state index contributed by atoms with van der Waals surface area (Å²) in [5, 5.41) is 19.8.